The Kier molecular flexibility index (Phi) is 3.52. The first kappa shape index (κ1) is 13.7. The van der Waals surface area contributed by atoms with Crippen LogP contribution in [0.2, 0.25) is 0 Å². The monoisotopic (exact) mass is 311 g/mol. The Bertz CT molecular complexity index is 794. The van der Waals surface area contributed by atoms with E-state index in [-0.39, 0.29) is 6.10 Å². The number of nitrogens with zero attached hydrogens (tertiary/aromatic N) is 2. The standard InChI is InChI=1S/C17H17N3OS/c18-15-13-10-12(9-11-5-2-1-3-6-11)22-17(13)20-16(19-15)14-7-4-8-21-14/h1-3,5-6,10,14H,4,7-9H2,(H2,18,19,20). The third kappa shape index (κ3) is 2.58. The highest BCUT2D eigenvalue weighted by molar-refractivity contribution is 7.18. The molecule has 0 radical (unpaired) electrons. The number of hydrogen-bond donors (Lipinski definition) is 1. The maximum absolute atomic E-state index is 6.13. The number of ether oxygens (including phenoxy) is 1. The maximum atomic E-state index is 6.13. The van der Waals surface area contributed by atoms with Gasteiger partial charge in [0, 0.05) is 17.9 Å². The second kappa shape index (κ2) is 5.66. The van der Waals surface area contributed by atoms with Crippen LogP contribution in [0, 0.1) is 0 Å². The van der Waals surface area contributed by atoms with Crippen LogP contribution in [0.25, 0.3) is 10.2 Å². The molecule has 1 saturated heterocycles. The van der Waals surface area contributed by atoms with Gasteiger partial charge in [-0.3, -0.25) is 0 Å². The summed E-state index contributed by atoms with van der Waals surface area (Å²) in [6, 6.07) is 12.5. The summed E-state index contributed by atoms with van der Waals surface area (Å²) >= 11 is 1.69. The lowest BCUT2D eigenvalue weighted by Crippen LogP contribution is -2.05. The van der Waals surface area contributed by atoms with E-state index in [1.165, 1.54) is 10.4 Å². The number of benzene rings is 1. The summed E-state index contributed by atoms with van der Waals surface area (Å²) in [7, 11) is 0. The molecule has 0 saturated carbocycles. The third-order valence-corrected chi connectivity index (χ3v) is 4.96. The van der Waals surface area contributed by atoms with E-state index in [9.17, 15) is 0 Å². The normalized spacial score (nSPS) is 18.1. The highest BCUT2D eigenvalue weighted by atomic mass is 32.1. The number of thiophene rings is 1. The molecule has 2 N–H and O–H groups in total. The molecule has 1 atom stereocenters. The minimum absolute atomic E-state index is 0.00590. The molecule has 1 aliphatic heterocycles. The number of nitrogen functional groups attached to an aromatic ring is 1. The smallest absolute Gasteiger partial charge is 0.161 e. The first-order valence-electron chi connectivity index (χ1n) is 7.51. The Morgan fingerprint density at radius 1 is 1.23 bits per heavy atom. The van der Waals surface area contributed by atoms with Crippen molar-refractivity contribution in [1.29, 1.82) is 0 Å². The molecule has 0 aliphatic carbocycles. The van der Waals surface area contributed by atoms with Gasteiger partial charge in [-0.2, -0.15) is 0 Å². The first-order chi connectivity index (χ1) is 10.8. The molecule has 2 aromatic heterocycles. The fraction of sp³-hybridized carbons (Fsp3) is 0.294. The molecule has 0 bridgehead atoms. The lowest BCUT2D eigenvalue weighted by molar-refractivity contribution is 0.105. The van der Waals surface area contributed by atoms with Crippen molar-refractivity contribution in [3.63, 3.8) is 0 Å². The van der Waals surface area contributed by atoms with Crippen LogP contribution in [0.4, 0.5) is 5.82 Å². The van der Waals surface area contributed by atoms with Crippen LogP contribution in [0.5, 0.6) is 0 Å². The van der Waals surface area contributed by atoms with Crippen LogP contribution in [0.1, 0.15) is 35.2 Å². The van der Waals surface area contributed by atoms with Gasteiger partial charge in [-0.05, 0) is 24.5 Å². The van der Waals surface area contributed by atoms with Crippen molar-refractivity contribution in [3.8, 4) is 0 Å². The zero-order valence-electron chi connectivity index (χ0n) is 12.2. The number of rotatable bonds is 3. The summed E-state index contributed by atoms with van der Waals surface area (Å²) in [4.78, 5) is 11.4. The van der Waals surface area contributed by atoms with E-state index in [4.69, 9.17) is 10.5 Å². The average Bonchev–Trinajstić information content (AvgIpc) is 3.17. The minimum Gasteiger partial charge on any atom is -0.383 e. The largest absolute Gasteiger partial charge is 0.383 e. The Morgan fingerprint density at radius 2 is 2.09 bits per heavy atom. The molecule has 4 nitrogen and oxygen atoms in total. The van der Waals surface area contributed by atoms with Gasteiger partial charge in [0.25, 0.3) is 0 Å². The van der Waals surface area contributed by atoms with E-state index in [1.807, 2.05) is 6.07 Å². The van der Waals surface area contributed by atoms with Gasteiger partial charge in [0.15, 0.2) is 5.82 Å². The molecule has 112 valence electrons. The number of nitrogens with two attached hydrogens (primary N) is 1. The third-order valence-electron chi connectivity index (χ3n) is 3.93. The highest BCUT2D eigenvalue weighted by Gasteiger charge is 2.22. The Labute approximate surface area is 133 Å². The summed E-state index contributed by atoms with van der Waals surface area (Å²) in [6.07, 6.45) is 2.95. The number of fused-ring (bicyclic) bond motifs is 1. The molecule has 1 aromatic carbocycles. The van der Waals surface area contributed by atoms with Gasteiger partial charge in [0.2, 0.25) is 0 Å². The topological polar surface area (TPSA) is 61.0 Å². The van der Waals surface area contributed by atoms with Gasteiger partial charge >= 0.3 is 0 Å². The van der Waals surface area contributed by atoms with E-state index >= 15 is 0 Å². The summed E-state index contributed by atoms with van der Waals surface area (Å²) in [5.41, 5.74) is 7.42. The van der Waals surface area contributed by atoms with Crippen molar-refractivity contribution in [2.75, 3.05) is 12.3 Å². The van der Waals surface area contributed by atoms with E-state index in [0.717, 1.165) is 41.9 Å². The van der Waals surface area contributed by atoms with E-state index < -0.39 is 0 Å². The van der Waals surface area contributed by atoms with Gasteiger partial charge in [-0.15, -0.1) is 11.3 Å². The predicted molar refractivity (Wildman–Crippen MR) is 89.0 cm³/mol. The van der Waals surface area contributed by atoms with Gasteiger partial charge < -0.3 is 10.5 Å². The zero-order valence-corrected chi connectivity index (χ0v) is 13.0. The highest BCUT2D eigenvalue weighted by Crippen LogP contribution is 2.33. The molecule has 0 amide bonds. The van der Waals surface area contributed by atoms with Crippen LogP contribution in [0.3, 0.4) is 0 Å². The number of aromatic nitrogens is 2. The molecule has 5 heteroatoms. The quantitative estimate of drug-likeness (QED) is 0.801. The number of anilines is 1. The second-order valence-electron chi connectivity index (χ2n) is 5.56. The Balaban J connectivity index is 1.69. The van der Waals surface area contributed by atoms with Crippen LogP contribution in [0.15, 0.2) is 36.4 Å². The molecule has 1 aliphatic rings. The fourth-order valence-corrected chi connectivity index (χ4v) is 3.90. The van der Waals surface area contributed by atoms with Crippen LogP contribution in [-0.4, -0.2) is 16.6 Å². The maximum Gasteiger partial charge on any atom is 0.161 e. The molecule has 4 rings (SSSR count). The van der Waals surface area contributed by atoms with Gasteiger partial charge in [-0.1, -0.05) is 30.3 Å². The molecular formula is C17H17N3OS. The van der Waals surface area contributed by atoms with Gasteiger partial charge in [0.1, 0.15) is 16.8 Å². The van der Waals surface area contributed by atoms with Crippen molar-refractivity contribution < 1.29 is 4.74 Å². The molecule has 0 spiro atoms. The van der Waals surface area contributed by atoms with Gasteiger partial charge in [-0.25, -0.2) is 9.97 Å². The molecule has 3 heterocycles. The molecular weight excluding hydrogens is 294 g/mol. The molecule has 3 aromatic rings. The first-order valence-corrected chi connectivity index (χ1v) is 8.32. The average molecular weight is 311 g/mol. The van der Waals surface area contributed by atoms with Crippen molar-refractivity contribution in [1.82, 2.24) is 9.97 Å². The van der Waals surface area contributed by atoms with Crippen molar-refractivity contribution in [2.45, 2.75) is 25.4 Å². The van der Waals surface area contributed by atoms with Crippen molar-refractivity contribution in [3.05, 3.63) is 52.7 Å². The van der Waals surface area contributed by atoms with Crippen molar-refractivity contribution in [2.24, 2.45) is 0 Å². The Morgan fingerprint density at radius 3 is 2.86 bits per heavy atom. The van der Waals surface area contributed by atoms with Crippen LogP contribution < -0.4 is 5.73 Å². The summed E-state index contributed by atoms with van der Waals surface area (Å²) < 4.78 is 5.67. The summed E-state index contributed by atoms with van der Waals surface area (Å²) in [6.45, 7) is 0.787. The Hall–Kier alpha value is -1.98. The van der Waals surface area contributed by atoms with Crippen LogP contribution in [-0.2, 0) is 11.2 Å². The molecule has 1 fully saturated rings. The molecule has 1 unspecified atom stereocenters. The predicted octanol–water partition coefficient (Wildman–Crippen LogP) is 3.72. The minimum atomic E-state index is 0.00590. The van der Waals surface area contributed by atoms with Crippen molar-refractivity contribution >= 4 is 27.4 Å². The summed E-state index contributed by atoms with van der Waals surface area (Å²) in [5, 5.41) is 0.956. The SMILES string of the molecule is Nc1nc(C2CCCO2)nc2sc(Cc3ccccc3)cc12. The van der Waals surface area contributed by atoms with E-state index in [0.29, 0.717) is 5.82 Å². The van der Waals surface area contributed by atoms with Crippen LogP contribution >= 0.6 is 11.3 Å². The lowest BCUT2D eigenvalue weighted by atomic mass is 10.1. The summed E-state index contributed by atoms with van der Waals surface area (Å²) in [5.74, 6) is 1.29. The fourth-order valence-electron chi connectivity index (χ4n) is 2.82. The second-order valence-corrected chi connectivity index (χ2v) is 6.68. The van der Waals surface area contributed by atoms with E-state index in [1.54, 1.807) is 11.3 Å². The lowest BCUT2D eigenvalue weighted by Gasteiger charge is -2.08. The zero-order chi connectivity index (χ0) is 14.9. The molecule has 22 heavy (non-hydrogen) atoms. The van der Waals surface area contributed by atoms with E-state index in [2.05, 4.69) is 40.3 Å². The number of hydrogen-bond acceptors (Lipinski definition) is 5. The van der Waals surface area contributed by atoms with Gasteiger partial charge in [0.05, 0.1) is 5.39 Å².